The van der Waals surface area contributed by atoms with E-state index in [-0.39, 0.29) is 5.88 Å². The van der Waals surface area contributed by atoms with Crippen LogP contribution < -0.4 is 10.1 Å². The molecule has 0 saturated carbocycles. The number of hydrogen-bond acceptors (Lipinski definition) is 9. The SMILES string of the molecule is CCCSc1nnc2c(n1)O[C@@H](/C=C/c1ccc([N+](=O)[O-])o1)Nc1ccccc1-2. The molecule has 148 valence electrons. The molecule has 1 aromatic carbocycles. The molecule has 1 aliphatic heterocycles. The minimum Gasteiger partial charge on any atom is -0.448 e. The number of nitrogens with one attached hydrogen (secondary N) is 1. The van der Waals surface area contributed by atoms with E-state index in [1.807, 2.05) is 24.3 Å². The number of thioether (sulfide) groups is 1. The highest BCUT2D eigenvalue weighted by Crippen LogP contribution is 2.36. The van der Waals surface area contributed by atoms with Gasteiger partial charge in [-0.25, -0.2) is 0 Å². The van der Waals surface area contributed by atoms with Crippen molar-refractivity contribution in [2.24, 2.45) is 0 Å². The van der Waals surface area contributed by atoms with Crippen molar-refractivity contribution >= 4 is 29.4 Å². The normalized spacial score (nSPS) is 15.1. The maximum atomic E-state index is 10.8. The van der Waals surface area contributed by atoms with Crippen molar-refractivity contribution in [3.05, 3.63) is 58.3 Å². The van der Waals surface area contributed by atoms with E-state index in [4.69, 9.17) is 9.15 Å². The third kappa shape index (κ3) is 4.21. The summed E-state index contributed by atoms with van der Waals surface area (Å²) in [6.07, 6.45) is 3.73. The van der Waals surface area contributed by atoms with Crippen LogP contribution in [-0.2, 0) is 0 Å². The lowest BCUT2D eigenvalue weighted by atomic mass is 10.1. The molecular weight excluding hydrogens is 394 g/mol. The highest BCUT2D eigenvalue weighted by atomic mass is 32.2. The number of nitrogens with zero attached hydrogens (tertiary/aromatic N) is 4. The van der Waals surface area contributed by atoms with Crippen LogP contribution in [-0.4, -0.2) is 32.1 Å². The van der Waals surface area contributed by atoms with E-state index in [0.29, 0.717) is 22.5 Å². The van der Waals surface area contributed by atoms with Gasteiger partial charge in [0.1, 0.15) is 10.7 Å². The molecule has 0 fully saturated rings. The van der Waals surface area contributed by atoms with Gasteiger partial charge in [-0.15, -0.1) is 10.2 Å². The summed E-state index contributed by atoms with van der Waals surface area (Å²) in [4.78, 5) is 14.7. The number of nitro groups is 1. The van der Waals surface area contributed by atoms with Gasteiger partial charge < -0.3 is 14.5 Å². The molecule has 0 spiro atoms. The lowest BCUT2D eigenvalue weighted by molar-refractivity contribution is -0.402. The number of benzene rings is 1. The molecule has 0 unspecified atom stereocenters. The quantitative estimate of drug-likeness (QED) is 0.358. The Balaban J connectivity index is 1.65. The first kappa shape index (κ1) is 18.9. The Morgan fingerprint density at radius 2 is 2.14 bits per heavy atom. The molecule has 1 aliphatic rings. The van der Waals surface area contributed by atoms with Crippen molar-refractivity contribution in [1.82, 2.24) is 15.2 Å². The molecule has 1 N–H and O–H groups in total. The molecule has 3 heterocycles. The molecule has 0 saturated heterocycles. The Morgan fingerprint density at radius 1 is 1.28 bits per heavy atom. The molecule has 0 aliphatic carbocycles. The summed E-state index contributed by atoms with van der Waals surface area (Å²) in [5.41, 5.74) is 2.20. The molecule has 0 bridgehead atoms. The van der Waals surface area contributed by atoms with Crippen LogP contribution in [0.15, 0.2) is 52.0 Å². The Bertz CT molecular complexity index is 1070. The van der Waals surface area contributed by atoms with E-state index in [0.717, 1.165) is 23.4 Å². The Hall–Kier alpha value is -3.40. The van der Waals surface area contributed by atoms with Gasteiger partial charge in [0.15, 0.2) is 11.9 Å². The van der Waals surface area contributed by atoms with Gasteiger partial charge in [-0.3, -0.25) is 10.1 Å². The average Bonchev–Trinajstić information content (AvgIpc) is 3.14. The van der Waals surface area contributed by atoms with Crippen LogP contribution in [0.1, 0.15) is 19.1 Å². The number of furan rings is 1. The number of aromatic nitrogens is 3. The molecule has 9 nitrogen and oxygen atoms in total. The summed E-state index contributed by atoms with van der Waals surface area (Å²) in [6.45, 7) is 2.08. The van der Waals surface area contributed by atoms with E-state index >= 15 is 0 Å². The largest absolute Gasteiger partial charge is 0.448 e. The first-order valence-electron chi connectivity index (χ1n) is 8.96. The number of fused-ring (bicyclic) bond motifs is 3. The molecular formula is C19H17N5O4S. The zero-order chi connectivity index (χ0) is 20.2. The van der Waals surface area contributed by atoms with Crippen LogP contribution in [0.4, 0.5) is 11.6 Å². The van der Waals surface area contributed by atoms with Crippen LogP contribution in [0.25, 0.3) is 17.3 Å². The van der Waals surface area contributed by atoms with Gasteiger partial charge in [0.2, 0.25) is 11.0 Å². The van der Waals surface area contributed by atoms with Crippen LogP contribution >= 0.6 is 11.8 Å². The van der Waals surface area contributed by atoms with Crippen molar-refractivity contribution < 1.29 is 14.1 Å². The molecule has 0 radical (unpaired) electrons. The van der Waals surface area contributed by atoms with Gasteiger partial charge in [0.05, 0.1) is 6.07 Å². The van der Waals surface area contributed by atoms with Crippen LogP contribution in [0.3, 0.4) is 0 Å². The Morgan fingerprint density at radius 3 is 2.93 bits per heavy atom. The molecule has 4 rings (SSSR count). The van der Waals surface area contributed by atoms with E-state index in [9.17, 15) is 10.1 Å². The second kappa shape index (κ2) is 8.31. The summed E-state index contributed by atoms with van der Waals surface area (Å²) in [6, 6.07) is 10.5. The van der Waals surface area contributed by atoms with E-state index in [1.54, 1.807) is 12.2 Å². The van der Waals surface area contributed by atoms with E-state index < -0.39 is 11.2 Å². The van der Waals surface area contributed by atoms with Crippen molar-refractivity contribution in [3.63, 3.8) is 0 Å². The lowest BCUT2D eigenvalue weighted by Crippen LogP contribution is -2.23. The highest BCUT2D eigenvalue weighted by Gasteiger charge is 2.23. The fourth-order valence-electron chi connectivity index (χ4n) is 2.72. The third-order valence-electron chi connectivity index (χ3n) is 4.02. The second-order valence-corrected chi connectivity index (χ2v) is 7.18. The lowest BCUT2D eigenvalue weighted by Gasteiger charge is -2.15. The standard InChI is InChI=1S/C19H17N5O4S/c1-2-11-29-19-21-18-17(22-23-19)13-5-3-4-6-14(13)20-15(28-18)9-7-12-8-10-16(27-12)24(25)26/h3-10,15,20H,2,11H2,1H3/b9-7+/t15-/m0/s1. The van der Waals surface area contributed by atoms with Crippen molar-refractivity contribution in [1.29, 1.82) is 0 Å². The molecule has 3 aromatic rings. The van der Waals surface area contributed by atoms with Crippen molar-refractivity contribution in [2.75, 3.05) is 11.1 Å². The molecule has 29 heavy (non-hydrogen) atoms. The van der Waals surface area contributed by atoms with Crippen molar-refractivity contribution in [2.45, 2.75) is 24.7 Å². The summed E-state index contributed by atoms with van der Waals surface area (Å²) < 4.78 is 11.2. The predicted molar refractivity (Wildman–Crippen MR) is 109 cm³/mol. The van der Waals surface area contributed by atoms with Crippen LogP contribution in [0, 0.1) is 10.1 Å². The summed E-state index contributed by atoms with van der Waals surface area (Å²) in [5.74, 6) is 1.29. The minimum atomic E-state index is -0.581. The fraction of sp³-hybridized carbons (Fsp3) is 0.211. The van der Waals surface area contributed by atoms with Crippen molar-refractivity contribution in [3.8, 4) is 17.1 Å². The van der Waals surface area contributed by atoms with E-state index in [1.165, 1.54) is 23.9 Å². The zero-order valence-electron chi connectivity index (χ0n) is 15.4. The molecule has 2 aromatic heterocycles. The first-order chi connectivity index (χ1) is 14.1. The topological polar surface area (TPSA) is 116 Å². The number of hydrogen-bond donors (Lipinski definition) is 1. The third-order valence-corrected chi connectivity index (χ3v) is 5.06. The van der Waals surface area contributed by atoms with Crippen LogP contribution in [0.5, 0.6) is 5.88 Å². The maximum Gasteiger partial charge on any atom is 0.433 e. The van der Waals surface area contributed by atoms with Gasteiger partial charge >= 0.3 is 5.88 Å². The number of anilines is 1. The maximum absolute atomic E-state index is 10.8. The Labute approximate surface area is 170 Å². The summed E-state index contributed by atoms with van der Waals surface area (Å²) >= 11 is 1.52. The van der Waals surface area contributed by atoms with Gasteiger partial charge in [0.25, 0.3) is 0 Å². The highest BCUT2D eigenvalue weighted by molar-refractivity contribution is 7.99. The van der Waals surface area contributed by atoms with Gasteiger partial charge in [-0.1, -0.05) is 36.9 Å². The van der Waals surface area contributed by atoms with Crippen LogP contribution in [0.2, 0.25) is 0 Å². The van der Waals surface area contributed by atoms with Gasteiger partial charge in [-0.2, -0.15) is 4.98 Å². The molecule has 10 heteroatoms. The average molecular weight is 411 g/mol. The fourth-order valence-corrected chi connectivity index (χ4v) is 3.35. The van der Waals surface area contributed by atoms with Gasteiger partial charge in [0, 0.05) is 17.0 Å². The number of para-hydroxylation sites is 1. The molecule has 1 atom stereocenters. The smallest absolute Gasteiger partial charge is 0.433 e. The summed E-state index contributed by atoms with van der Waals surface area (Å²) in [7, 11) is 0. The second-order valence-electron chi connectivity index (χ2n) is 6.12. The zero-order valence-corrected chi connectivity index (χ0v) is 16.3. The molecule has 0 amide bonds. The monoisotopic (exact) mass is 411 g/mol. The first-order valence-corrected chi connectivity index (χ1v) is 9.95. The Kier molecular flexibility index (Phi) is 5.43. The predicted octanol–water partition coefficient (Wildman–Crippen LogP) is 4.39. The summed E-state index contributed by atoms with van der Waals surface area (Å²) in [5, 5.41) is 23.1. The van der Waals surface area contributed by atoms with E-state index in [2.05, 4.69) is 27.4 Å². The number of ether oxygens (including phenoxy) is 1. The van der Waals surface area contributed by atoms with Gasteiger partial charge in [-0.05, 0) is 30.7 Å². The minimum absolute atomic E-state index is 0.315. The number of rotatable bonds is 6.